The topological polar surface area (TPSA) is 91.7 Å². The lowest BCUT2D eigenvalue weighted by Gasteiger charge is -2.19. The molecule has 0 bridgehead atoms. The van der Waals surface area contributed by atoms with E-state index in [1.165, 1.54) is 6.20 Å². The second-order valence-corrected chi connectivity index (χ2v) is 7.50. The van der Waals surface area contributed by atoms with Crippen LogP contribution >= 0.6 is 11.6 Å². The Balaban J connectivity index is 1.35. The van der Waals surface area contributed by atoms with Crippen molar-refractivity contribution in [3.8, 4) is 11.1 Å². The zero-order valence-electron chi connectivity index (χ0n) is 16.0. The lowest BCUT2D eigenvalue weighted by atomic mass is 9.98. The molecule has 4 rings (SSSR count). The maximum atomic E-state index is 12.2. The number of benzene rings is 2. The Labute approximate surface area is 179 Å². The van der Waals surface area contributed by atoms with Gasteiger partial charge >= 0.3 is 6.09 Å². The summed E-state index contributed by atoms with van der Waals surface area (Å²) in [5, 5.41) is 23.1. The summed E-state index contributed by atoms with van der Waals surface area (Å²) in [7, 11) is 0. The van der Waals surface area contributed by atoms with Gasteiger partial charge in [0.2, 0.25) is 0 Å². The summed E-state index contributed by atoms with van der Waals surface area (Å²) in [6, 6.07) is 19.3. The van der Waals surface area contributed by atoms with Crippen molar-refractivity contribution in [2.75, 3.05) is 13.2 Å². The van der Waals surface area contributed by atoms with Crippen LogP contribution in [0.4, 0.5) is 4.79 Å². The largest absolute Gasteiger partial charge is 0.449 e. The predicted molar refractivity (Wildman–Crippen MR) is 113 cm³/mol. The first kappa shape index (κ1) is 20.3. The Kier molecular flexibility index (Phi) is 5.99. The number of carbonyl (C=O) groups excluding carboxylic acids is 1. The number of rotatable bonds is 6. The van der Waals surface area contributed by atoms with E-state index in [1.54, 1.807) is 12.1 Å². The molecule has 2 atom stereocenters. The van der Waals surface area contributed by atoms with Crippen molar-refractivity contribution in [1.82, 2.24) is 10.3 Å². The van der Waals surface area contributed by atoms with E-state index in [1.807, 2.05) is 36.4 Å². The molecule has 1 aliphatic carbocycles. The summed E-state index contributed by atoms with van der Waals surface area (Å²) in [6.07, 6.45) is -1.81. The minimum absolute atomic E-state index is 0.0500. The van der Waals surface area contributed by atoms with E-state index in [4.69, 9.17) is 16.3 Å². The molecule has 1 aliphatic rings. The minimum Gasteiger partial charge on any atom is -0.449 e. The molecule has 6 nitrogen and oxygen atoms in total. The number of fused-ring (bicyclic) bond motifs is 3. The predicted octanol–water partition coefficient (Wildman–Crippen LogP) is 3.67. The minimum atomic E-state index is -1.33. The lowest BCUT2D eigenvalue weighted by molar-refractivity contribution is 0.0161. The molecule has 0 spiro atoms. The molecule has 0 saturated heterocycles. The summed E-state index contributed by atoms with van der Waals surface area (Å²) in [5.41, 5.74) is 4.68. The van der Waals surface area contributed by atoms with E-state index >= 15 is 0 Å². The van der Waals surface area contributed by atoms with Gasteiger partial charge < -0.3 is 20.3 Å². The van der Waals surface area contributed by atoms with Gasteiger partial charge in [0, 0.05) is 18.7 Å². The maximum absolute atomic E-state index is 12.2. The molecule has 3 aromatic rings. The lowest BCUT2D eigenvalue weighted by Crippen LogP contribution is -2.36. The van der Waals surface area contributed by atoms with Gasteiger partial charge in [-0.05, 0) is 34.4 Å². The average Bonchev–Trinajstić information content (AvgIpc) is 3.09. The number of nitrogens with zero attached hydrogens (tertiary/aromatic N) is 1. The van der Waals surface area contributed by atoms with Crippen LogP contribution in [0.5, 0.6) is 0 Å². The molecule has 30 heavy (non-hydrogen) atoms. The average molecular weight is 425 g/mol. The van der Waals surface area contributed by atoms with Crippen molar-refractivity contribution in [1.29, 1.82) is 0 Å². The molecular weight excluding hydrogens is 404 g/mol. The van der Waals surface area contributed by atoms with Gasteiger partial charge in [0.15, 0.2) is 0 Å². The number of hydrogen-bond acceptors (Lipinski definition) is 5. The van der Waals surface area contributed by atoms with Gasteiger partial charge in [-0.15, -0.1) is 0 Å². The fraction of sp³-hybridized carbons (Fsp3) is 0.217. The summed E-state index contributed by atoms with van der Waals surface area (Å²) in [4.78, 5) is 16.2. The summed E-state index contributed by atoms with van der Waals surface area (Å²) in [5.74, 6) is -0.0500. The van der Waals surface area contributed by atoms with Crippen LogP contribution in [0, 0.1) is 0 Å². The van der Waals surface area contributed by atoms with Crippen LogP contribution in [0.15, 0.2) is 66.9 Å². The number of aliphatic hydroxyl groups is 2. The number of nitrogens with one attached hydrogen (secondary N) is 1. The molecule has 154 valence electrons. The highest BCUT2D eigenvalue weighted by atomic mass is 35.5. The third-order valence-corrected chi connectivity index (χ3v) is 5.55. The van der Waals surface area contributed by atoms with Crippen LogP contribution in [0.25, 0.3) is 11.1 Å². The van der Waals surface area contributed by atoms with Crippen molar-refractivity contribution in [2.45, 2.75) is 18.1 Å². The number of halogens is 1. The Morgan fingerprint density at radius 3 is 2.30 bits per heavy atom. The van der Waals surface area contributed by atoms with E-state index in [-0.39, 0.29) is 29.8 Å². The smallest absolute Gasteiger partial charge is 0.407 e. The van der Waals surface area contributed by atoms with Crippen molar-refractivity contribution in [3.63, 3.8) is 0 Å². The molecular formula is C23H21ClN2O4. The van der Waals surface area contributed by atoms with E-state index in [2.05, 4.69) is 22.4 Å². The van der Waals surface area contributed by atoms with E-state index in [0.717, 1.165) is 22.3 Å². The number of carbonyl (C=O) groups is 1. The molecule has 3 N–H and O–H groups in total. The zero-order valence-corrected chi connectivity index (χ0v) is 16.8. The molecule has 0 fully saturated rings. The quantitative estimate of drug-likeness (QED) is 0.561. The SMILES string of the molecule is O=C(NCC(O)C(O)c1ncccc1Cl)OCC1c2ccccc2-c2ccccc21. The third-order valence-electron chi connectivity index (χ3n) is 5.23. The normalized spacial score (nSPS) is 14.5. The first-order chi connectivity index (χ1) is 14.6. The highest BCUT2D eigenvalue weighted by molar-refractivity contribution is 6.31. The highest BCUT2D eigenvalue weighted by Gasteiger charge is 2.29. The van der Waals surface area contributed by atoms with Gasteiger partial charge in [-0.25, -0.2) is 4.79 Å². The number of pyridine rings is 1. The zero-order chi connectivity index (χ0) is 21.1. The monoisotopic (exact) mass is 424 g/mol. The number of aliphatic hydroxyl groups excluding tert-OH is 2. The molecule has 7 heteroatoms. The summed E-state index contributed by atoms with van der Waals surface area (Å²) < 4.78 is 5.41. The van der Waals surface area contributed by atoms with E-state index in [0.29, 0.717) is 0 Å². The molecule has 0 aliphatic heterocycles. The van der Waals surface area contributed by atoms with Gasteiger partial charge in [0.05, 0.1) is 10.7 Å². The van der Waals surface area contributed by atoms with Gasteiger partial charge in [0.1, 0.15) is 18.8 Å². The second-order valence-electron chi connectivity index (χ2n) is 7.09. The number of amides is 1. The second kappa shape index (κ2) is 8.83. The molecule has 0 saturated carbocycles. The van der Waals surface area contributed by atoms with Crippen molar-refractivity contribution in [2.24, 2.45) is 0 Å². The van der Waals surface area contributed by atoms with E-state index in [9.17, 15) is 15.0 Å². The molecule has 2 unspecified atom stereocenters. The van der Waals surface area contributed by atoms with Gasteiger partial charge in [-0.3, -0.25) is 4.98 Å². The van der Waals surface area contributed by atoms with Gasteiger partial charge in [0.25, 0.3) is 0 Å². The third kappa shape index (κ3) is 4.03. The molecule has 1 aromatic heterocycles. The molecule has 2 aromatic carbocycles. The fourth-order valence-electron chi connectivity index (χ4n) is 3.75. The number of aromatic nitrogens is 1. The summed E-state index contributed by atoms with van der Waals surface area (Å²) >= 11 is 5.99. The highest BCUT2D eigenvalue weighted by Crippen LogP contribution is 2.44. The number of hydrogen-bond donors (Lipinski definition) is 3. The Morgan fingerprint density at radius 1 is 1.03 bits per heavy atom. The first-order valence-corrected chi connectivity index (χ1v) is 9.99. The van der Waals surface area contributed by atoms with Crippen molar-refractivity contribution < 1.29 is 19.7 Å². The maximum Gasteiger partial charge on any atom is 0.407 e. The Hall–Kier alpha value is -2.93. The molecule has 1 heterocycles. The fourth-order valence-corrected chi connectivity index (χ4v) is 3.98. The van der Waals surface area contributed by atoms with Crippen LogP contribution in [-0.2, 0) is 4.74 Å². The van der Waals surface area contributed by atoms with Crippen molar-refractivity contribution in [3.05, 3.63) is 88.7 Å². The van der Waals surface area contributed by atoms with Crippen LogP contribution in [0.2, 0.25) is 5.02 Å². The molecule has 1 amide bonds. The van der Waals surface area contributed by atoms with Gasteiger partial charge in [-0.1, -0.05) is 60.1 Å². The summed E-state index contributed by atoms with van der Waals surface area (Å²) in [6.45, 7) is -0.0324. The van der Waals surface area contributed by atoms with Crippen LogP contribution in [0.1, 0.15) is 28.8 Å². The molecule has 0 radical (unpaired) electrons. The Morgan fingerprint density at radius 2 is 1.67 bits per heavy atom. The number of alkyl carbamates (subject to hydrolysis) is 1. The van der Waals surface area contributed by atoms with Crippen LogP contribution in [0.3, 0.4) is 0 Å². The first-order valence-electron chi connectivity index (χ1n) is 9.61. The Bertz CT molecular complexity index is 1010. The van der Waals surface area contributed by atoms with Gasteiger partial charge in [-0.2, -0.15) is 0 Å². The standard InChI is InChI=1S/C23H21ClN2O4/c24-19-10-5-11-25-21(19)22(28)20(27)12-26-23(29)30-13-18-16-8-3-1-6-14(16)15-7-2-4-9-17(15)18/h1-11,18,20,22,27-28H,12-13H2,(H,26,29). The number of ether oxygens (including phenoxy) is 1. The van der Waals surface area contributed by atoms with Crippen molar-refractivity contribution >= 4 is 17.7 Å². The van der Waals surface area contributed by atoms with Crippen LogP contribution < -0.4 is 5.32 Å². The van der Waals surface area contributed by atoms with Crippen LogP contribution in [-0.4, -0.2) is 40.5 Å². The van der Waals surface area contributed by atoms with E-state index < -0.39 is 18.3 Å².